The van der Waals surface area contributed by atoms with Crippen molar-refractivity contribution in [2.24, 2.45) is 0 Å². The average Bonchev–Trinajstić information content (AvgIpc) is 3.37. The molecule has 0 radical (unpaired) electrons. The lowest BCUT2D eigenvalue weighted by Crippen LogP contribution is -2.53. The molecule has 2 amide bonds. The Hall–Kier alpha value is -2.71. The van der Waals surface area contributed by atoms with Gasteiger partial charge in [0.25, 0.3) is 5.91 Å². The van der Waals surface area contributed by atoms with Gasteiger partial charge in [0, 0.05) is 26.2 Å². The van der Waals surface area contributed by atoms with Gasteiger partial charge in [-0.1, -0.05) is 12.1 Å². The van der Waals surface area contributed by atoms with Crippen LogP contribution in [0.15, 0.2) is 47.1 Å². The molecule has 1 N–H and O–H groups in total. The minimum absolute atomic E-state index is 0.0699. The topological polar surface area (TPSA) is 78.7 Å². The van der Waals surface area contributed by atoms with Gasteiger partial charge in [-0.3, -0.25) is 14.5 Å². The van der Waals surface area contributed by atoms with Gasteiger partial charge in [-0.15, -0.1) is 11.3 Å². The number of fused-ring (bicyclic) bond motifs is 1. The first kappa shape index (κ1) is 18.6. The summed E-state index contributed by atoms with van der Waals surface area (Å²) in [7, 11) is 0. The van der Waals surface area contributed by atoms with Crippen LogP contribution in [0, 0.1) is 0 Å². The van der Waals surface area contributed by atoms with Crippen molar-refractivity contribution in [3.05, 3.63) is 53.4 Å². The monoisotopic (exact) mass is 398 g/mol. The SMILES string of the molecule is CC(NC(=O)c1ccco1)C(=O)N1CCN(Cc2nc3ccccc3s2)CC1. The average molecular weight is 398 g/mol. The first-order chi connectivity index (χ1) is 13.6. The normalized spacial score (nSPS) is 16.2. The van der Waals surface area contributed by atoms with Crippen molar-refractivity contribution in [1.29, 1.82) is 0 Å². The zero-order chi connectivity index (χ0) is 19.5. The lowest BCUT2D eigenvalue weighted by molar-refractivity contribution is -0.134. The van der Waals surface area contributed by atoms with Gasteiger partial charge >= 0.3 is 0 Å². The Morgan fingerprint density at radius 3 is 2.68 bits per heavy atom. The molecule has 8 heteroatoms. The second-order valence-corrected chi connectivity index (χ2v) is 7.96. The van der Waals surface area contributed by atoms with Crippen LogP contribution in [-0.2, 0) is 11.3 Å². The summed E-state index contributed by atoms with van der Waals surface area (Å²) in [4.78, 5) is 33.5. The number of piperazine rings is 1. The molecular formula is C20H22N4O3S. The van der Waals surface area contributed by atoms with E-state index in [9.17, 15) is 9.59 Å². The largest absolute Gasteiger partial charge is 0.459 e. The number of rotatable bonds is 5. The van der Waals surface area contributed by atoms with Crippen LogP contribution in [0.4, 0.5) is 0 Å². The molecule has 1 aliphatic rings. The Kier molecular flexibility index (Phi) is 5.40. The molecule has 0 bridgehead atoms. The molecular weight excluding hydrogens is 376 g/mol. The molecule has 3 aromatic rings. The molecule has 7 nitrogen and oxygen atoms in total. The van der Waals surface area contributed by atoms with Gasteiger partial charge in [-0.2, -0.15) is 0 Å². The molecule has 1 atom stereocenters. The van der Waals surface area contributed by atoms with Gasteiger partial charge in [-0.05, 0) is 31.2 Å². The fourth-order valence-corrected chi connectivity index (χ4v) is 4.33. The van der Waals surface area contributed by atoms with Gasteiger partial charge in [0.1, 0.15) is 11.0 Å². The van der Waals surface area contributed by atoms with Crippen LogP contribution in [0.5, 0.6) is 0 Å². The molecule has 1 aliphatic heterocycles. The Balaban J connectivity index is 1.28. The minimum Gasteiger partial charge on any atom is -0.459 e. The van der Waals surface area contributed by atoms with Gasteiger partial charge < -0.3 is 14.6 Å². The number of carbonyl (C=O) groups excluding carboxylic acids is 2. The van der Waals surface area contributed by atoms with Crippen molar-refractivity contribution in [2.45, 2.75) is 19.5 Å². The summed E-state index contributed by atoms with van der Waals surface area (Å²) in [6.07, 6.45) is 1.44. The van der Waals surface area contributed by atoms with E-state index in [1.807, 2.05) is 23.1 Å². The number of amides is 2. The minimum atomic E-state index is -0.589. The third kappa shape index (κ3) is 4.07. The van der Waals surface area contributed by atoms with Crippen LogP contribution < -0.4 is 5.32 Å². The molecule has 0 saturated carbocycles. The van der Waals surface area contributed by atoms with Gasteiger partial charge in [0.2, 0.25) is 5.91 Å². The van der Waals surface area contributed by atoms with E-state index in [0.717, 1.165) is 30.2 Å². The van der Waals surface area contributed by atoms with E-state index in [1.54, 1.807) is 30.4 Å². The first-order valence-corrected chi connectivity index (χ1v) is 10.1. The van der Waals surface area contributed by atoms with Crippen LogP contribution in [0.2, 0.25) is 0 Å². The Morgan fingerprint density at radius 1 is 1.18 bits per heavy atom. The Bertz CT molecular complexity index is 928. The summed E-state index contributed by atoms with van der Waals surface area (Å²) < 4.78 is 6.27. The van der Waals surface area contributed by atoms with E-state index in [1.165, 1.54) is 11.0 Å². The molecule has 1 saturated heterocycles. The highest BCUT2D eigenvalue weighted by atomic mass is 32.1. The standard InChI is InChI=1S/C20H22N4O3S/c1-14(21-19(25)16-6-4-12-27-16)20(26)24-10-8-23(9-11-24)13-18-22-15-5-2-3-7-17(15)28-18/h2-7,12,14H,8-11,13H2,1H3,(H,21,25). The van der Waals surface area contributed by atoms with Crippen LogP contribution in [-0.4, -0.2) is 58.8 Å². The third-order valence-corrected chi connectivity index (χ3v) is 5.87. The maximum absolute atomic E-state index is 12.6. The van der Waals surface area contributed by atoms with Crippen molar-refractivity contribution in [3.63, 3.8) is 0 Å². The molecule has 4 rings (SSSR count). The van der Waals surface area contributed by atoms with E-state index >= 15 is 0 Å². The maximum atomic E-state index is 12.6. The number of para-hydroxylation sites is 1. The molecule has 0 spiro atoms. The van der Waals surface area contributed by atoms with Crippen molar-refractivity contribution < 1.29 is 14.0 Å². The number of benzene rings is 1. The number of hydrogen-bond acceptors (Lipinski definition) is 6. The summed E-state index contributed by atoms with van der Waals surface area (Å²) in [5, 5.41) is 3.80. The summed E-state index contributed by atoms with van der Waals surface area (Å²) in [6, 6.07) is 10.8. The van der Waals surface area contributed by atoms with E-state index < -0.39 is 6.04 Å². The highest BCUT2D eigenvalue weighted by Crippen LogP contribution is 2.23. The highest BCUT2D eigenvalue weighted by molar-refractivity contribution is 7.18. The smallest absolute Gasteiger partial charge is 0.287 e. The molecule has 2 aromatic heterocycles. The van der Waals surface area contributed by atoms with Crippen LogP contribution in [0.1, 0.15) is 22.5 Å². The van der Waals surface area contributed by atoms with E-state index in [4.69, 9.17) is 4.42 Å². The summed E-state index contributed by atoms with van der Waals surface area (Å²) in [5.41, 5.74) is 1.04. The zero-order valence-corrected chi connectivity index (χ0v) is 16.4. The number of nitrogens with one attached hydrogen (secondary N) is 1. The second kappa shape index (κ2) is 8.12. The lowest BCUT2D eigenvalue weighted by atomic mass is 10.2. The fraction of sp³-hybridized carbons (Fsp3) is 0.350. The van der Waals surface area contributed by atoms with E-state index in [2.05, 4.69) is 21.3 Å². The number of thiazole rings is 1. The predicted octanol–water partition coefficient (Wildman–Crippen LogP) is 2.35. The Labute approximate surface area is 166 Å². The maximum Gasteiger partial charge on any atom is 0.287 e. The third-order valence-electron chi connectivity index (χ3n) is 4.84. The number of hydrogen-bond donors (Lipinski definition) is 1. The molecule has 146 valence electrons. The van der Waals surface area contributed by atoms with E-state index in [0.29, 0.717) is 13.1 Å². The van der Waals surface area contributed by atoms with Crippen LogP contribution in [0.3, 0.4) is 0 Å². The second-order valence-electron chi connectivity index (χ2n) is 6.85. The number of nitrogens with zero attached hydrogens (tertiary/aromatic N) is 3. The van der Waals surface area contributed by atoms with Gasteiger partial charge in [0.15, 0.2) is 5.76 Å². The molecule has 3 heterocycles. The van der Waals surface area contributed by atoms with Crippen molar-refractivity contribution >= 4 is 33.4 Å². The van der Waals surface area contributed by atoms with E-state index in [-0.39, 0.29) is 17.6 Å². The van der Waals surface area contributed by atoms with Crippen molar-refractivity contribution in [3.8, 4) is 0 Å². The predicted molar refractivity (Wildman–Crippen MR) is 107 cm³/mol. The molecule has 28 heavy (non-hydrogen) atoms. The zero-order valence-electron chi connectivity index (χ0n) is 15.6. The summed E-state index contributed by atoms with van der Waals surface area (Å²) in [6.45, 7) is 5.37. The summed E-state index contributed by atoms with van der Waals surface area (Å²) in [5.74, 6) is -0.236. The highest BCUT2D eigenvalue weighted by Gasteiger charge is 2.27. The number of aromatic nitrogens is 1. The number of furan rings is 1. The molecule has 1 aromatic carbocycles. The summed E-state index contributed by atoms with van der Waals surface area (Å²) >= 11 is 1.72. The van der Waals surface area contributed by atoms with Crippen LogP contribution in [0.25, 0.3) is 10.2 Å². The number of carbonyl (C=O) groups is 2. The van der Waals surface area contributed by atoms with Crippen LogP contribution >= 0.6 is 11.3 Å². The van der Waals surface area contributed by atoms with Crippen molar-refractivity contribution in [2.75, 3.05) is 26.2 Å². The lowest BCUT2D eigenvalue weighted by Gasteiger charge is -2.35. The van der Waals surface area contributed by atoms with Crippen molar-refractivity contribution in [1.82, 2.24) is 20.1 Å². The molecule has 1 fully saturated rings. The Morgan fingerprint density at radius 2 is 1.96 bits per heavy atom. The first-order valence-electron chi connectivity index (χ1n) is 9.30. The van der Waals surface area contributed by atoms with Gasteiger partial charge in [0.05, 0.1) is 23.0 Å². The molecule has 1 unspecified atom stereocenters. The molecule has 0 aliphatic carbocycles. The fourth-order valence-electron chi connectivity index (χ4n) is 3.32. The van der Waals surface area contributed by atoms with Gasteiger partial charge in [-0.25, -0.2) is 4.98 Å². The quantitative estimate of drug-likeness (QED) is 0.714.